The zero-order chi connectivity index (χ0) is 13.6. The van der Waals surface area contributed by atoms with Crippen LogP contribution in [0.3, 0.4) is 0 Å². The Morgan fingerprint density at radius 3 is 1.88 bits per heavy atom. The van der Waals surface area contributed by atoms with E-state index in [2.05, 4.69) is 10.6 Å². The average Bonchev–Trinajstić information content (AvgIpc) is 2.14. The summed E-state index contributed by atoms with van der Waals surface area (Å²) in [4.78, 5) is 33.0. The molecule has 98 valence electrons. The highest BCUT2D eigenvalue weighted by Gasteiger charge is 2.23. The van der Waals surface area contributed by atoms with Gasteiger partial charge in [-0.25, -0.2) is 0 Å². The van der Waals surface area contributed by atoms with E-state index < -0.39 is 5.91 Å². The van der Waals surface area contributed by atoms with Crippen molar-refractivity contribution in [1.29, 1.82) is 0 Å². The number of carbonyl (C=O) groups excluding carboxylic acids is 3. The lowest BCUT2D eigenvalue weighted by atomic mass is 9.96. The third kappa shape index (κ3) is 6.55. The van der Waals surface area contributed by atoms with Crippen molar-refractivity contribution in [3.63, 3.8) is 0 Å². The minimum Gasteiger partial charge on any atom is -0.369 e. The zero-order valence-corrected chi connectivity index (χ0v) is 10.7. The molecule has 0 heterocycles. The minimum atomic E-state index is -0.421. The highest BCUT2D eigenvalue weighted by molar-refractivity contribution is 5.77. The second kappa shape index (κ2) is 6.88. The molecule has 0 aromatic heterocycles. The maximum Gasteiger partial charge on any atom is 0.220 e. The van der Waals surface area contributed by atoms with E-state index in [1.165, 1.54) is 13.8 Å². The molecule has 4 N–H and O–H groups in total. The Bertz CT molecular complexity index is 304. The average molecular weight is 243 g/mol. The van der Waals surface area contributed by atoms with Gasteiger partial charge < -0.3 is 16.4 Å². The lowest BCUT2D eigenvalue weighted by molar-refractivity contribution is -0.124. The van der Waals surface area contributed by atoms with Gasteiger partial charge in [0.2, 0.25) is 17.7 Å². The Labute approximate surface area is 101 Å². The number of nitrogens with one attached hydrogen (secondary N) is 2. The van der Waals surface area contributed by atoms with Crippen LogP contribution in [-0.4, -0.2) is 29.8 Å². The van der Waals surface area contributed by atoms with Crippen LogP contribution in [0.1, 0.15) is 34.1 Å². The number of amides is 3. The number of hydrogen-bond acceptors (Lipinski definition) is 3. The molecular formula is C11H21N3O3. The molecule has 17 heavy (non-hydrogen) atoms. The van der Waals surface area contributed by atoms with Crippen molar-refractivity contribution in [2.75, 3.05) is 0 Å². The Hall–Kier alpha value is -1.59. The van der Waals surface area contributed by atoms with E-state index in [4.69, 9.17) is 5.73 Å². The van der Waals surface area contributed by atoms with Gasteiger partial charge in [0.05, 0.1) is 0 Å². The molecule has 3 amide bonds. The zero-order valence-electron chi connectivity index (χ0n) is 10.7. The summed E-state index contributed by atoms with van der Waals surface area (Å²) in [5.74, 6) is -1.16. The lowest BCUT2D eigenvalue weighted by Crippen LogP contribution is -2.50. The van der Waals surface area contributed by atoms with Crippen LogP contribution in [0, 0.1) is 5.92 Å². The van der Waals surface area contributed by atoms with Crippen LogP contribution in [0.5, 0.6) is 0 Å². The minimum absolute atomic E-state index is 0.181. The Morgan fingerprint density at radius 2 is 1.53 bits per heavy atom. The van der Waals surface area contributed by atoms with Gasteiger partial charge in [0, 0.05) is 31.8 Å². The molecule has 0 aromatic carbocycles. The summed E-state index contributed by atoms with van der Waals surface area (Å²) in [6, 6.07) is -0.558. The molecule has 0 radical (unpaired) electrons. The van der Waals surface area contributed by atoms with E-state index in [1.807, 2.05) is 0 Å². The molecule has 0 aliphatic rings. The largest absolute Gasteiger partial charge is 0.369 e. The number of rotatable bonds is 6. The van der Waals surface area contributed by atoms with Crippen LogP contribution in [0.15, 0.2) is 0 Å². The summed E-state index contributed by atoms with van der Waals surface area (Å²) in [7, 11) is 0. The summed E-state index contributed by atoms with van der Waals surface area (Å²) >= 11 is 0. The molecule has 0 spiro atoms. The fourth-order valence-electron chi connectivity index (χ4n) is 1.57. The lowest BCUT2D eigenvalue weighted by Gasteiger charge is -2.26. The smallest absolute Gasteiger partial charge is 0.220 e. The number of primary amides is 1. The standard InChI is InChI=1S/C11H21N3O3/c1-6(11(12)17)5-10(14-9(4)16)7(2)13-8(3)15/h6-7,10H,5H2,1-4H3,(H2,12,17)(H,13,15)(H,14,16). The van der Waals surface area contributed by atoms with Gasteiger partial charge in [-0.05, 0) is 13.3 Å². The normalized spacial score (nSPS) is 15.5. The van der Waals surface area contributed by atoms with E-state index in [0.717, 1.165) is 0 Å². The van der Waals surface area contributed by atoms with Gasteiger partial charge in [0.15, 0.2) is 0 Å². The van der Waals surface area contributed by atoms with E-state index in [-0.39, 0.29) is 29.8 Å². The van der Waals surface area contributed by atoms with E-state index >= 15 is 0 Å². The van der Waals surface area contributed by atoms with Crippen LogP contribution >= 0.6 is 0 Å². The number of nitrogens with two attached hydrogens (primary N) is 1. The molecule has 0 rings (SSSR count). The molecule has 3 atom stereocenters. The van der Waals surface area contributed by atoms with Crippen molar-refractivity contribution in [2.24, 2.45) is 11.7 Å². The highest BCUT2D eigenvalue weighted by atomic mass is 16.2. The van der Waals surface area contributed by atoms with Crippen molar-refractivity contribution in [3.05, 3.63) is 0 Å². The Balaban J connectivity index is 4.57. The Morgan fingerprint density at radius 1 is 1.06 bits per heavy atom. The molecule has 0 bridgehead atoms. The summed E-state index contributed by atoms with van der Waals surface area (Å²) in [6.45, 7) is 6.26. The van der Waals surface area contributed by atoms with E-state index in [1.54, 1.807) is 13.8 Å². The topological polar surface area (TPSA) is 101 Å². The first-order chi connectivity index (χ1) is 7.73. The first kappa shape index (κ1) is 15.4. The van der Waals surface area contributed by atoms with Crippen molar-refractivity contribution >= 4 is 17.7 Å². The fourth-order valence-corrected chi connectivity index (χ4v) is 1.57. The quantitative estimate of drug-likeness (QED) is 0.587. The van der Waals surface area contributed by atoms with Crippen LogP contribution in [0.4, 0.5) is 0 Å². The predicted octanol–water partition coefficient (Wildman–Crippen LogP) is -0.473. The monoisotopic (exact) mass is 243 g/mol. The van der Waals surface area contributed by atoms with E-state index in [9.17, 15) is 14.4 Å². The second-order valence-corrected chi connectivity index (χ2v) is 4.34. The molecule has 0 aromatic rings. The molecule has 0 aliphatic carbocycles. The molecular weight excluding hydrogens is 222 g/mol. The van der Waals surface area contributed by atoms with Crippen molar-refractivity contribution in [3.8, 4) is 0 Å². The second-order valence-electron chi connectivity index (χ2n) is 4.34. The van der Waals surface area contributed by atoms with Gasteiger partial charge in [0.25, 0.3) is 0 Å². The van der Waals surface area contributed by atoms with Crippen LogP contribution in [-0.2, 0) is 14.4 Å². The third-order valence-electron chi connectivity index (χ3n) is 2.52. The summed E-state index contributed by atoms with van der Waals surface area (Å²) in [6.07, 6.45) is 0.399. The maximum atomic E-state index is 11.1. The van der Waals surface area contributed by atoms with Crippen molar-refractivity contribution in [2.45, 2.75) is 46.2 Å². The van der Waals surface area contributed by atoms with Gasteiger partial charge in [-0.2, -0.15) is 0 Å². The van der Waals surface area contributed by atoms with Gasteiger partial charge in [-0.15, -0.1) is 0 Å². The van der Waals surface area contributed by atoms with Crippen LogP contribution < -0.4 is 16.4 Å². The summed E-state index contributed by atoms with van der Waals surface area (Å²) in [5.41, 5.74) is 5.18. The highest BCUT2D eigenvalue weighted by Crippen LogP contribution is 2.09. The van der Waals surface area contributed by atoms with E-state index in [0.29, 0.717) is 6.42 Å². The molecule has 0 aliphatic heterocycles. The third-order valence-corrected chi connectivity index (χ3v) is 2.52. The van der Waals surface area contributed by atoms with Crippen molar-refractivity contribution < 1.29 is 14.4 Å². The van der Waals surface area contributed by atoms with Gasteiger partial charge in [-0.3, -0.25) is 14.4 Å². The predicted molar refractivity (Wildman–Crippen MR) is 63.9 cm³/mol. The first-order valence-corrected chi connectivity index (χ1v) is 5.57. The molecule has 0 fully saturated rings. The Kier molecular flexibility index (Phi) is 6.23. The summed E-state index contributed by atoms with van der Waals surface area (Å²) < 4.78 is 0. The molecule has 6 nitrogen and oxygen atoms in total. The maximum absolute atomic E-state index is 11.1. The molecule has 3 unspecified atom stereocenters. The van der Waals surface area contributed by atoms with Crippen molar-refractivity contribution in [1.82, 2.24) is 10.6 Å². The van der Waals surface area contributed by atoms with Gasteiger partial charge >= 0.3 is 0 Å². The van der Waals surface area contributed by atoms with Gasteiger partial charge in [0.1, 0.15) is 0 Å². The molecule has 6 heteroatoms. The number of carbonyl (C=O) groups is 3. The number of hydrogen-bond donors (Lipinski definition) is 3. The fraction of sp³-hybridized carbons (Fsp3) is 0.727. The van der Waals surface area contributed by atoms with Gasteiger partial charge in [-0.1, -0.05) is 6.92 Å². The van der Waals surface area contributed by atoms with Crippen LogP contribution in [0.25, 0.3) is 0 Å². The molecule has 0 saturated carbocycles. The summed E-state index contributed by atoms with van der Waals surface area (Å²) in [5, 5.41) is 5.40. The first-order valence-electron chi connectivity index (χ1n) is 5.57. The SMILES string of the molecule is CC(=O)NC(C)C(CC(C)C(N)=O)NC(C)=O. The molecule has 0 saturated heterocycles. The van der Waals surface area contributed by atoms with Crippen LogP contribution in [0.2, 0.25) is 0 Å².